The molecule has 0 spiro atoms. The van der Waals surface area contributed by atoms with Crippen LogP contribution in [0.2, 0.25) is 15.1 Å². The number of halogens is 3. The molecule has 1 unspecified atom stereocenters. The number of amides is 1. The fourth-order valence-corrected chi connectivity index (χ4v) is 3.14. The van der Waals surface area contributed by atoms with E-state index in [9.17, 15) is 9.59 Å². The van der Waals surface area contributed by atoms with E-state index in [2.05, 4.69) is 5.32 Å². The van der Waals surface area contributed by atoms with E-state index in [1.807, 2.05) is 6.07 Å². The average molecular weight is 401 g/mol. The predicted octanol–water partition coefficient (Wildman–Crippen LogP) is 4.39. The fourth-order valence-electron chi connectivity index (χ4n) is 2.45. The lowest BCUT2D eigenvalue weighted by molar-refractivity contribution is -0.137. The molecule has 2 aromatic carbocycles. The Hall–Kier alpha value is -1.75. The van der Waals surface area contributed by atoms with Gasteiger partial charge < -0.3 is 10.4 Å². The van der Waals surface area contributed by atoms with Gasteiger partial charge in [0.05, 0.1) is 12.8 Å². The molecule has 0 heterocycles. The van der Waals surface area contributed by atoms with Crippen LogP contribution in [-0.2, 0) is 22.4 Å². The highest BCUT2D eigenvalue weighted by molar-refractivity contribution is 6.35. The van der Waals surface area contributed by atoms with Gasteiger partial charge in [0.1, 0.15) is 0 Å². The highest BCUT2D eigenvalue weighted by atomic mass is 35.5. The van der Waals surface area contributed by atoms with Crippen LogP contribution in [0, 0.1) is 0 Å². The third kappa shape index (κ3) is 6.58. The van der Waals surface area contributed by atoms with Gasteiger partial charge in [-0.1, -0.05) is 53.0 Å². The fraction of sp³-hybridized carbons (Fsp3) is 0.222. The molecule has 2 aromatic rings. The zero-order valence-corrected chi connectivity index (χ0v) is 15.4. The molecule has 0 bridgehead atoms. The Morgan fingerprint density at radius 2 is 1.76 bits per heavy atom. The molecule has 0 saturated heterocycles. The lowest BCUT2D eigenvalue weighted by Crippen LogP contribution is -2.39. The minimum absolute atomic E-state index is 0.0433. The number of hydrogen-bond donors (Lipinski definition) is 2. The van der Waals surface area contributed by atoms with Crippen molar-refractivity contribution in [3.63, 3.8) is 0 Å². The van der Waals surface area contributed by atoms with Crippen LogP contribution < -0.4 is 5.32 Å². The molecule has 0 fully saturated rings. The molecule has 25 heavy (non-hydrogen) atoms. The smallest absolute Gasteiger partial charge is 0.305 e. The predicted molar refractivity (Wildman–Crippen MR) is 99.5 cm³/mol. The van der Waals surface area contributed by atoms with E-state index in [1.165, 1.54) is 0 Å². The number of benzene rings is 2. The van der Waals surface area contributed by atoms with Gasteiger partial charge in [-0.05, 0) is 41.8 Å². The molecule has 2 rings (SSSR count). The molecule has 1 atom stereocenters. The number of carboxylic acids is 1. The Bertz CT molecular complexity index is 780. The van der Waals surface area contributed by atoms with Crippen molar-refractivity contribution in [1.82, 2.24) is 5.32 Å². The molecule has 0 aliphatic carbocycles. The van der Waals surface area contributed by atoms with Crippen molar-refractivity contribution in [2.75, 3.05) is 0 Å². The third-order valence-corrected chi connectivity index (χ3v) is 4.35. The van der Waals surface area contributed by atoms with Gasteiger partial charge in [0, 0.05) is 21.1 Å². The maximum Gasteiger partial charge on any atom is 0.305 e. The Morgan fingerprint density at radius 1 is 1.04 bits per heavy atom. The molecule has 7 heteroatoms. The number of rotatable bonds is 7. The molecule has 0 aliphatic heterocycles. The van der Waals surface area contributed by atoms with Crippen molar-refractivity contribution in [3.8, 4) is 0 Å². The number of carboxylic acid groups (broad SMARTS) is 1. The summed E-state index contributed by atoms with van der Waals surface area (Å²) < 4.78 is 0. The van der Waals surface area contributed by atoms with E-state index in [4.69, 9.17) is 39.9 Å². The van der Waals surface area contributed by atoms with Gasteiger partial charge >= 0.3 is 5.97 Å². The highest BCUT2D eigenvalue weighted by Gasteiger charge is 2.18. The summed E-state index contributed by atoms with van der Waals surface area (Å²) in [4.78, 5) is 23.4. The van der Waals surface area contributed by atoms with Crippen LogP contribution in [0.4, 0.5) is 0 Å². The molecular formula is C18H16Cl3NO3. The van der Waals surface area contributed by atoms with Crippen LogP contribution in [0.15, 0.2) is 42.5 Å². The lowest BCUT2D eigenvalue weighted by atomic mass is 10.0. The Labute approximate surface area is 160 Å². The molecule has 4 nitrogen and oxygen atoms in total. The second-order valence-electron chi connectivity index (χ2n) is 5.61. The molecular weight excluding hydrogens is 385 g/mol. The Kier molecular flexibility index (Phi) is 7.12. The van der Waals surface area contributed by atoms with E-state index >= 15 is 0 Å². The van der Waals surface area contributed by atoms with E-state index in [1.54, 1.807) is 36.4 Å². The first kappa shape index (κ1) is 19.6. The van der Waals surface area contributed by atoms with Gasteiger partial charge in [-0.25, -0.2) is 0 Å². The minimum Gasteiger partial charge on any atom is -0.481 e. The van der Waals surface area contributed by atoms with Gasteiger partial charge in [-0.2, -0.15) is 0 Å². The van der Waals surface area contributed by atoms with Crippen LogP contribution in [0.5, 0.6) is 0 Å². The van der Waals surface area contributed by atoms with Crippen LogP contribution in [0.25, 0.3) is 0 Å². The Morgan fingerprint density at radius 3 is 2.40 bits per heavy atom. The van der Waals surface area contributed by atoms with E-state index in [-0.39, 0.29) is 18.7 Å². The van der Waals surface area contributed by atoms with Gasteiger partial charge in [0.2, 0.25) is 5.91 Å². The van der Waals surface area contributed by atoms with Crippen molar-refractivity contribution in [2.45, 2.75) is 25.3 Å². The summed E-state index contributed by atoms with van der Waals surface area (Å²) in [5.74, 6) is -1.30. The molecule has 0 radical (unpaired) electrons. The van der Waals surface area contributed by atoms with E-state index in [0.717, 1.165) is 5.56 Å². The number of aliphatic carboxylic acids is 1. The van der Waals surface area contributed by atoms with Crippen molar-refractivity contribution in [2.24, 2.45) is 0 Å². The Balaban J connectivity index is 2.05. The molecule has 1 amide bonds. The van der Waals surface area contributed by atoms with Crippen molar-refractivity contribution in [3.05, 3.63) is 68.7 Å². The largest absolute Gasteiger partial charge is 0.481 e. The zero-order valence-electron chi connectivity index (χ0n) is 13.1. The van der Waals surface area contributed by atoms with Gasteiger partial charge in [0.25, 0.3) is 0 Å². The summed E-state index contributed by atoms with van der Waals surface area (Å²) in [6.45, 7) is 0. The molecule has 0 saturated carbocycles. The third-order valence-electron chi connectivity index (χ3n) is 3.52. The first-order valence-electron chi connectivity index (χ1n) is 7.53. The molecule has 2 N–H and O–H groups in total. The number of carbonyl (C=O) groups excluding carboxylic acids is 1. The summed E-state index contributed by atoms with van der Waals surface area (Å²) in [5.41, 5.74) is 1.48. The van der Waals surface area contributed by atoms with E-state index < -0.39 is 12.0 Å². The van der Waals surface area contributed by atoms with Gasteiger partial charge in [-0.15, -0.1) is 0 Å². The lowest BCUT2D eigenvalue weighted by Gasteiger charge is -2.17. The molecule has 0 aliphatic rings. The summed E-state index contributed by atoms with van der Waals surface area (Å²) in [6, 6.07) is 11.4. The summed E-state index contributed by atoms with van der Waals surface area (Å²) in [6.07, 6.45) is 0.223. The van der Waals surface area contributed by atoms with Crippen LogP contribution in [0.3, 0.4) is 0 Å². The number of hydrogen-bond acceptors (Lipinski definition) is 2. The standard InChI is InChI=1S/C18H16Cl3NO3/c19-13-3-1-2-11(6-13)7-15(10-18(24)25)22-17(23)8-12-4-5-14(20)9-16(12)21/h1-6,9,15H,7-8,10H2,(H,22,23)(H,24,25). The molecule has 0 aromatic heterocycles. The normalized spacial score (nSPS) is 11.8. The van der Waals surface area contributed by atoms with Gasteiger partial charge in [0.15, 0.2) is 0 Å². The highest BCUT2D eigenvalue weighted by Crippen LogP contribution is 2.21. The van der Waals surface area contributed by atoms with Crippen molar-refractivity contribution >= 4 is 46.7 Å². The minimum atomic E-state index is -0.989. The van der Waals surface area contributed by atoms with Crippen LogP contribution in [-0.4, -0.2) is 23.0 Å². The first-order chi connectivity index (χ1) is 11.8. The summed E-state index contributed by atoms with van der Waals surface area (Å²) in [5, 5.41) is 13.3. The van der Waals surface area contributed by atoms with E-state index in [0.29, 0.717) is 27.1 Å². The summed E-state index contributed by atoms with van der Waals surface area (Å²) in [7, 11) is 0. The molecule has 132 valence electrons. The second-order valence-corrected chi connectivity index (χ2v) is 6.89. The first-order valence-corrected chi connectivity index (χ1v) is 8.66. The number of carbonyl (C=O) groups is 2. The SMILES string of the molecule is O=C(O)CC(Cc1cccc(Cl)c1)NC(=O)Cc1ccc(Cl)cc1Cl. The monoisotopic (exact) mass is 399 g/mol. The van der Waals surface area contributed by atoms with Gasteiger partial charge in [-0.3, -0.25) is 9.59 Å². The van der Waals surface area contributed by atoms with Crippen molar-refractivity contribution in [1.29, 1.82) is 0 Å². The zero-order chi connectivity index (χ0) is 18.4. The maximum atomic E-state index is 12.3. The van der Waals surface area contributed by atoms with Crippen LogP contribution in [0.1, 0.15) is 17.5 Å². The topological polar surface area (TPSA) is 66.4 Å². The van der Waals surface area contributed by atoms with Crippen LogP contribution >= 0.6 is 34.8 Å². The van der Waals surface area contributed by atoms with Crippen molar-refractivity contribution < 1.29 is 14.7 Å². The second kappa shape index (κ2) is 9.09. The quantitative estimate of drug-likeness (QED) is 0.724. The number of nitrogens with one attached hydrogen (secondary N) is 1. The summed E-state index contributed by atoms with van der Waals surface area (Å²) >= 11 is 17.9. The average Bonchev–Trinajstić information content (AvgIpc) is 2.49. The maximum absolute atomic E-state index is 12.3.